The van der Waals surface area contributed by atoms with E-state index >= 15 is 0 Å². The Hall–Kier alpha value is -1.90. The molecular formula is C22H32N2O5S. The first kappa shape index (κ1) is 22.8. The number of esters is 1. The summed E-state index contributed by atoms with van der Waals surface area (Å²) in [7, 11) is -2.16. The molecule has 0 saturated carbocycles. The highest BCUT2D eigenvalue weighted by atomic mass is 32.2. The lowest BCUT2D eigenvalue weighted by Crippen LogP contribution is -2.46. The van der Waals surface area contributed by atoms with E-state index in [1.54, 1.807) is 0 Å². The first-order valence-corrected chi connectivity index (χ1v) is 12.0. The second-order valence-electron chi connectivity index (χ2n) is 8.53. The van der Waals surface area contributed by atoms with Gasteiger partial charge in [0.1, 0.15) is 0 Å². The van der Waals surface area contributed by atoms with Crippen LogP contribution in [0.2, 0.25) is 0 Å². The van der Waals surface area contributed by atoms with E-state index in [0.717, 1.165) is 28.9 Å². The van der Waals surface area contributed by atoms with Gasteiger partial charge in [-0.3, -0.25) is 4.79 Å². The van der Waals surface area contributed by atoms with Crippen LogP contribution in [0.3, 0.4) is 0 Å². The number of piperidine rings is 1. The zero-order chi connectivity index (χ0) is 22.1. The molecule has 1 fully saturated rings. The predicted molar refractivity (Wildman–Crippen MR) is 118 cm³/mol. The number of hydrogen-bond donors (Lipinski definition) is 1. The van der Waals surface area contributed by atoms with E-state index in [4.69, 9.17) is 4.74 Å². The Balaban J connectivity index is 1.87. The van der Waals surface area contributed by atoms with Crippen molar-refractivity contribution in [1.82, 2.24) is 4.31 Å². The van der Waals surface area contributed by atoms with Gasteiger partial charge in [-0.25, -0.2) is 12.7 Å². The molecule has 0 aromatic heterocycles. The highest BCUT2D eigenvalue weighted by Crippen LogP contribution is 2.40. The molecule has 0 bridgehead atoms. The molecule has 2 aliphatic rings. The molecule has 30 heavy (non-hydrogen) atoms. The minimum absolute atomic E-state index is 0.0578. The molecule has 0 atom stereocenters. The SMILES string of the molecule is CCN1c2cc(CO)ccc2C(CS(=O)(=O)N2CCC(C(=O)OC)CC2)=CC1(C)C. The van der Waals surface area contributed by atoms with Gasteiger partial charge in [-0.1, -0.05) is 18.2 Å². The van der Waals surface area contributed by atoms with Crippen LogP contribution < -0.4 is 4.90 Å². The first-order valence-electron chi connectivity index (χ1n) is 10.4. The Bertz CT molecular complexity index is 931. The molecule has 0 spiro atoms. The minimum Gasteiger partial charge on any atom is -0.469 e. The minimum atomic E-state index is -3.53. The van der Waals surface area contributed by atoms with Crippen LogP contribution >= 0.6 is 0 Å². The third kappa shape index (κ3) is 4.40. The van der Waals surface area contributed by atoms with Crippen LogP contribution in [0.4, 0.5) is 5.69 Å². The maximum atomic E-state index is 13.2. The van der Waals surface area contributed by atoms with Gasteiger partial charge in [0.25, 0.3) is 0 Å². The number of aliphatic hydroxyl groups is 1. The van der Waals surface area contributed by atoms with E-state index in [2.05, 4.69) is 25.7 Å². The summed E-state index contributed by atoms with van der Waals surface area (Å²) in [6, 6.07) is 5.69. The summed E-state index contributed by atoms with van der Waals surface area (Å²) in [6.45, 7) is 7.58. The number of carbonyl (C=O) groups excluding carboxylic acids is 1. The number of sulfonamides is 1. The monoisotopic (exact) mass is 436 g/mol. The van der Waals surface area contributed by atoms with Crippen LogP contribution in [-0.2, 0) is 26.2 Å². The molecule has 1 saturated heterocycles. The van der Waals surface area contributed by atoms with Gasteiger partial charge < -0.3 is 14.7 Å². The van der Waals surface area contributed by atoms with E-state index in [9.17, 15) is 18.3 Å². The van der Waals surface area contributed by atoms with Crippen molar-refractivity contribution in [3.05, 3.63) is 35.4 Å². The maximum Gasteiger partial charge on any atom is 0.308 e. The molecule has 2 heterocycles. The topological polar surface area (TPSA) is 87.2 Å². The number of likely N-dealkylation sites (N-methyl/N-ethyl adjacent to an activating group) is 1. The van der Waals surface area contributed by atoms with Crippen molar-refractivity contribution in [2.24, 2.45) is 5.92 Å². The van der Waals surface area contributed by atoms with Gasteiger partial charge >= 0.3 is 5.97 Å². The number of nitrogens with zero attached hydrogens (tertiary/aromatic N) is 2. The fourth-order valence-electron chi connectivity index (χ4n) is 4.58. The molecule has 1 N–H and O–H groups in total. The predicted octanol–water partition coefficient (Wildman–Crippen LogP) is 2.40. The zero-order valence-corrected chi connectivity index (χ0v) is 19.0. The summed E-state index contributed by atoms with van der Waals surface area (Å²) in [5.74, 6) is -0.579. The number of fused-ring (bicyclic) bond motifs is 1. The average molecular weight is 437 g/mol. The van der Waals surface area contributed by atoms with Gasteiger partial charge in [0.2, 0.25) is 10.0 Å². The summed E-state index contributed by atoms with van der Waals surface area (Å²) >= 11 is 0. The highest BCUT2D eigenvalue weighted by molar-refractivity contribution is 7.89. The molecule has 1 aromatic rings. The first-order chi connectivity index (χ1) is 14.1. The Morgan fingerprint density at radius 3 is 2.50 bits per heavy atom. The lowest BCUT2D eigenvalue weighted by Gasteiger charge is -2.43. The van der Waals surface area contributed by atoms with Crippen molar-refractivity contribution in [2.45, 2.75) is 45.8 Å². The summed E-state index contributed by atoms with van der Waals surface area (Å²) < 4.78 is 32.7. The van der Waals surface area contributed by atoms with Crippen LogP contribution in [-0.4, -0.2) is 61.8 Å². The van der Waals surface area contributed by atoms with E-state index in [0.29, 0.717) is 25.9 Å². The Labute approximate surface area is 179 Å². The molecule has 0 aliphatic carbocycles. The van der Waals surface area contributed by atoms with Gasteiger partial charge in [0, 0.05) is 30.9 Å². The standard InChI is InChI=1S/C22H32N2O5S/c1-5-24-20-12-16(14-25)6-7-19(20)18(13-22(24,2)3)15-30(27,28)23-10-8-17(9-11-23)21(26)29-4/h6-7,12-13,17,25H,5,8-11,14-15H2,1-4H3. The highest BCUT2D eigenvalue weighted by Gasteiger charge is 2.36. The van der Waals surface area contributed by atoms with Crippen LogP contribution in [0.25, 0.3) is 5.57 Å². The van der Waals surface area contributed by atoms with Crippen LogP contribution in [0.1, 0.15) is 44.7 Å². The second-order valence-corrected chi connectivity index (χ2v) is 10.5. The van der Waals surface area contributed by atoms with Crippen molar-refractivity contribution in [2.75, 3.05) is 37.4 Å². The third-order valence-corrected chi connectivity index (χ3v) is 7.97. The van der Waals surface area contributed by atoms with E-state index in [-0.39, 0.29) is 29.8 Å². The Kier molecular flexibility index (Phi) is 6.60. The number of anilines is 1. The average Bonchev–Trinajstić information content (AvgIpc) is 2.72. The van der Waals surface area contributed by atoms with Crippen molar-refractivity contribution >= 4 is 27.3 Å². The summed E-state index contributed by atoms with van der Waals surface area (Å²) in [5.41, 5.74) is 3.07. The number of carbonyl (C=O) groups is 1. The lowest BCUT2D eigenvalue weighted by molar-refractivity contribution is -0.146. The molecule has 166 valence electrons. The molecule has 8 heteroatoms. The zero-order valence-electron chi connectivity index (χ0n) is 18.2. The number of benzene rings is 1. The van der Waals surface area contributed by atoms with E-state index < -0.39 is 10.0 Å². The molecule has 2 aliphatic heterocycles. The third-order valence-electron chi connectivity index (χ3n) is 6.14. The van der Waals surface area contributed by atoms with Gasteiger partial charge in [-0.2, -0.15) is 0 Å². The van der Waals surface area contributed by atoms with Crippen molar-refractivity contribution in [1.29, 1.82) is 0 Å². The van der Waals surface area contributed by atoms with Gasteiger partial charge in [0.15, 0.2) is 0 Å². The Morgan fingerprint density at radius 2 is 1.93 bits per heavy atom. The number of ether oxygens (including phenoxy) is 1. The van der Waals surface area contributed by atoms with Crippen molar-refractivity contribution < 1.29 is 23.1 Å². The molecule has 0 radical (unpaired) electrons. The van der Waals surface area contributed by atoms with Crippen molar-refractivity contribution in [3.8, 4) is 0 Å². The molecule has 7 nitrogen and oxygen atoms in total. The largest absolute Gasteiger partial charge is 0.469 e. The Morgan fingerprint density at radius 1 is 1.27 bits per heavy atom. The number of hydrogen-bond acceptors (Lipinski definition) is 6. The van der Waals surface area contributed by atoms with Crippen LogP contribution in [0.5, 0.6) is 0 Å². The molecule has 3 rings (SSSR count). The van der Waals surface area contributed by atoms with Crippen molar-refractivity contribution in [3.63, 3.8) is 0 Å². The lowest BCUT2D eigenvalue weighted by atomic mass is 9.88. The van der Waals surface area contributed by atoms with E-state index in [1.165, 1.54) is 11.4 Å². The normalized spacial score (nSPS) is 19.9. The molecule has 1 aromatic carbocycles. The molecule has 0 amide bonds. The van der Waals surface area contributed by atoms with Crippen LogP contribution in [0.15, 0.2) is 24.3 Å². The maximum absolute atomic E-state index is 13.2. The smallest absolute Gasteiger partial charge is 0.308 e. The van der Waals surface area contributed by atoms with Gasteiger partial charge in [-0.15, -0.1) is 0 Å². The van der Waals surface area contributed by atoms with Crippen LogP contribution in [0, 0.1) is 5.92 Å². The molecular weight excluding hydrogens is 404 g/mol. The van der Waals surface area contributed by atoms with E-state index in [1.807, 2.05) is 24.3 Å². The molecule has 0 unspecified atom stereocenters. The summed E-state index contributed by atoms with van der Waals surface area (Å²) in [4.78, 5) is 14.0. The second kappa shape index (κ2) is 8.69. The fourth-order valence-corrected chi connectivity index (χ4v) is 6.17. The number of methoxy groups -OCH3 is 1. The summed E-state index contributed by atoms with van der Waals surface area (Å²) in [5, 5.41) is 9.56. The van der Waals surface area contributed by atoms with Gasteiger partial charge in [-0.05, 0) is 50.8 Å². The van der Waals surface area contributed by atoms with Gasteiger partial charge in [0.05, 0.1) is 30.9 Å². The fraction of sp³-hybridized carbons (Fsp3) is 0.591. The quantitative estimate of drug-likeness (QED) is 0.689. The summed E-state index contributed by atoms with van der Waals surface area (Å²) in [6.07, 6.45) is 3.00. The number of rotatable bonds is 6. The number of aliphatic hydroxyl groups excluding tert-OH is 1.